The van der Waals surface area contributed by atoms with E-state index in [1.165, 1.54) is 44.5 Å². The Kier molecular flexibility index (Phi) is 4.79. The van der Waals surface area contributed by atoms with Gasteiger partial charge in [0.05, 0.1) is 0 Å². The maximum absolute atomic E-state index is 6.50. The minimum absolute atomic E-state index is 0.835. The van der Waals surface area contributed by atoms with E-state index < -0.39 is 0 Å². The van der Waals surface area contributed by atoms with E-state index in [2.05, 4.69) is 97.1 Å². The number of hydrogen-bond donors (Lipinski definition) is 0. The summed E-state index contributed by atoms with van der Waals surface area (Å²) >= 11 is 6.50. The molecule has 0 N–H and O–H groups in total. The highest BCUT2D eigenvalue weighted by Crippen LogP contribution is 2.38. The smallest absolute Gasteiger partial charge is 0.0481 e. The Hall–Kier alpha value is -3.09. The molecule has 0 fully saturated rings. The van der Waals surface area contributed by atoms with Gasteiger partial charge in [0.1, 0.15) is 0 Å². The van der Waals surface area contributed by atoms with Crippen LogP contribution in [0.25, 0.3) is 39.5 Å². The monoisotopic (exact) mass is 392 g/mol. The summed E-state index contributed by atoms with van der Waals surface area (Å²) in [5.41, 5.74) is 9.97. The van der Waals surface area contributed by atoms with Crippen molar-refractivity contribution in [3.05, 3.63) is 113 Å². The Labute approximate surface area is 177 Å². The van der Waals surface area contributed by atoms with Crippen LogP contribution in [0, 0.1) is 0 Å². The van der Waals surface area contributed by atoms with Gasteiger partial charge in [-0.3, -0.25) is 0 Å². The van der Waals surface area contributed by atoms with Crippen molar-refractivity contribution in [1.82, 2.24) is 0 Å². The van der Waals surface area contributed by atoms with E-state index >= 15 is 0 Å². The second-order valence-electron chi connectivity index (χ2n) is 7.46. The van der Waals surface area contributed by atoms with Crippen LogP contribution < -0.4 is 0 Å². The van der Waals surface area contributed by atoms with Gasteiger partial charge in [0, 0.05) is 5.02 Å². The normalized spacial score (nSPS) is 12.6. The summed E-state index contributed by atoms with van der Waals surface area (Å²) in [6.07, 6.45) is 6.47. The molecule has 29 heavy (non-hydrogen) atoms. The third-order valence-electron chi connectivity index (χ3n) is 5.61. The summed E-state index contributed by atoms with van der Waals surface area (Å²) in [6, 6.07) is 32.3. The zero-order valence-corrected chi connectivity index (χ0v) is 16.9. The molecule has 0 nitrogen and oxygen atoms in total. The van der Waals surface area contributed by atoms with Crippen LogP contribution in [0.4, 0.5) is 0 Å². The Morgan fingerprint density at radius 2 is 1.17 bits per heavy atom. The van der Waals surface area contributed by atoms with Crippen molar-refractivity contribution >= 4 is 17.7 Å². The zero-order chi connectivity index (χ0) is 19.6. The first-order valence-electron chi connectivity index (χ1n) is 10.0. The molecule has 0 heterocycles. The molecule has 0 aliphatic heterocycles. The second kappa shape index (κ2) is 7.73. The maximum atomic E-state index is 6.50. The van der Waals surface area contributed by atoms with E-state index in [1.807, 2.05) is 6.07 Å². The summed E-state index contributed by atoms with van der Waals surface area (Å²) in [5.74, 6) is 0. The van der Waals surface area contributed by atoms with Gasteiger partial charge >= 0.3 is 0 Å². The van der Waals surface area contributed by atoms with Crippen molar-refractivity contribution in [2.75, 3.05) is 0 Å². The van der Waals surface area contributed by atoms with Crippen LogP contribution in [0.3, 0.4) is 0 Å². The van der Waals surface area contributed by atoms with Crippen LogP contribution in [0.5, 0.6) is 0 Å². The predicted molar refractivity (Wildman–Crippen MR) is 125 cm³/mol. The lowest BCUT2D eigenvalue weighted by atomic mass is 9.87. The van der Waals surface area contributed by atoms with Crippen molar-refractivity contribution in [1.29, 1.82) is 0 Å². The standard InChI is InChI=1S/C28H21Cl/c29-28-16-15-25(26-13-7-8-14-27(26)28)24-18-22(20-9-3-1-4-10-20)17-23(19-24)21-11-5-2-6-12-21/h1-6,8-12,14-19H,7,13H2. The van der Waals surface area contributed by atoms with Crippen LogP contribution in [0.2, 0.25) is 5.02 Å². The maximum Gasteiger partial charge on any atom is 0.0481 e. The van der Waals surface area contributed by atoms with Crippen molar-refractivity contribution in [2.45, 2.75) is 12.8 Å². The molecule has 0 radical (unpaired) electrons. The van der Waals surface area contributed by atoms with Crippen LogP contribution in [-0.2, 0) is 6.42 Å². The molecule has 0 amide bonds. The highest BCUT2D eigenvalue weighted by atomic mass is 35.5. The average Bonchev–Trinajstić information content (AvgIpc) is 2.80. The molecule has 0 bridgehead atoms. The molecule has 0 spiro atoms. The van der Waals surface area contributed by atoms with E-state index in [-0.39, 0.29) is 0 Å². The minimum Gasteiger partial charge on any atom is -0.0837 e. The van der Waals surface area contributed by atoms with Gasteiger partial charge in [0.2, 0.25) is 0 Å². The fourth-order valence-electron chi connectivity index (χ4n) is 4.16. The molecule has 0 saturated carbocycles. The van der Waals surface area contributed by atoms with E-state index in [9.17, 15) is 0 Å². The zero-order valence-electron chi connectivity index (χ0n) is 16.1. The molecule has 0 aromatic heterocycles. The van der Waals surface area contributed by atoms with Crippen molar-refractivity contribution in [2.24, 2.45) is 0 Å². The Balaban J connectivity index is 1.75. The Morgan fingerprint density at radius 3 is 1.79 bits per heavy atom. The molecule has 0 saturated heterocycles. The van der Waals surface area contributed by atoms with E-state index in [1.54, 1.807) is 0 Å². The quantitative estimate of drug-likeness (QED) is 0.329. The van der Waals surface area contributed by atoms with Gasteiger partial charge in [-0.1, -0.05) is 90.5 Å². The molecule has 1 aliphatic carbocycles. The molecule has 0 unspecified atom stereocenters. The summed E-state index contributed by atoms with van der Waals surface area (Å²) in [5, 5.41) is 0.835. The van der Waals surface area contributed by atoms with Crippen LogP contribution in [0.1, 0.15) is 17.5 Å². The summed E-state index contributed by atoms with van der Waals surface area (Å²) in [4.78, 5) is 0. The number of allylic oxidation sites excluding steroid dienone is 1. The van der Waals surface area contributed by atoms with Gasteiger partial charge < -0.3 is 0 Å². The average molecular weight is 393 g/mol. The molecular weight excluding hydrogens is 372 g/mol. The number of hydrogen-bond acceptors (Lipinski definition) is 0. The third kappa shape index (κ3) is 3.52. The van der Waals surface area contributed by atoms with Crippen molar-refractivity contribution in [3.63, 3.8) is 0 Å². The van der Waals surface area contributed by atoms with Gasteiger partial charge in [-0.25, -0.2) is 0 Å². The number of halogens is 1. The van der Waals surface area contributed by atoms with Crippen molar-refractivity contribution in [3.8, 4) is 33.4 Å². The van der Waals surface area contributed by atoms with Gasteiger partial charge in [0.25, 0.3) is 0 Å². The molecule has 1 heteroatoms. The lowest BCUT2D eigenvalue weighted by Gasteiger charge is -2.19. The molecule has 4 aromatic carbocycles. The van der Waals surface area contributed by atoms with Gasteiger partial charge in [-0.05, 0) is 81.6 Å². The van der Waals surface area contributed by atoms with Gasteiger partial charge in [0.15, 0.2) is 0 Å². The first-order chi connectivity index (χ1) is 14.3. The van der Waals surface area contributed by atoms with E-state index in [4.69, 9.17) is 11.6 Å². The largest absolute Gasteiger partial charge is 0.0837 e. The number of fused-ring (bicyclic) bond motifs is 1. The Bertz CT molecular complexity index is 1130. The van der Waals surface area contributed by atoms with E-state index in [0.29, 0.717) is 0 Å². The summed E-state index contributed by atoms with van der Waals surface area (Å²) < 4.78 is 0. The van der Waals surface area contributed by atoms with Crippen LogP contribution >= 0.6 is 11.6 Å². The second-order valence-corrected chi connectivity index (χ2v) is 7.87. The number of rotatable bonds is 3. The number of benzene rings is 4. The fraction of sp³-hybridized carbons (Fsp3) is 0.0714. The summed E-state index contributed by atoms with van der Waals surface area (Å²) in [7, 11) is 0. The third-order valence-corrected chi connectivity index (χ3v) is 5.94. The lowest BCUT2D eigenvalue weighted by molar-refractivity contribution is 0.988. The highest BCUT2D eigenvalue weighted by molar-refractivity contribution is 6.32. The van der Waals surface area contributed by atoms with Crippen LogP contribution in [-0.4, -0.2) is 0 Å². The predicted octanol–water partition coefficient (Wildman–Crippen LogP) is 8.30. The molecule has 140 valence electrons. The highest BCUT2D eigenvalue weighted by Gasteiger charge is 2.16. The first kappa shape index (κ1) is 18.0. The summed E-state index contributed by atoms with van der Waals surface area (Å²) in [6.45, 7) is 0. The fourth-order valence-corrected chi connectivity index (χ4v) is 4.40. The van der Waals surface area contributed by atoms with Gasteiger partial charge in [-0.15, -0.1) is 0 Å². The molecule has 0 atom stereocenters. The van der Waals surface area contributed by atoms with Gasteiger partial charge in [-0.2, -0.15) is 0 Å². The first-order valence-corrected chi connectivity index (χ1v) is 10.4. The SMILES string of the molecule is Clc1ccc(-c2cc(-c3ccccc3)cc(-c3ccccc3)c2)c2c1C=CCC2. The van der Waals surface area contributed by atoms with Crippen molar-refractivity contribution < 1.29 is 0 Å². The van der Waals surface area contributed by atoms with Crippen LogP contribution in [0.15, 0.2) is 97.1 Å². The molecule has 4 aromatic rings. The Morgan fingerprint density at radius 1 is 0.586 bits per heavy atom. The van der Waals surface area contributed by atoms with E-state index in [0.717, 1.165) is 17.9 Å². The lowest BCUT2D eigenvalue weighted by Crippen LogP contribution is -1.99. The molecule has 1 aliphatic rings. The minimum atomic E-state index is 0.835. The molecular formula is C28H21Cl. The molecule has 5 rings (SSSR count). The topological polar surface area (TPSA) is 0 Å².